The zero-order valence-corrected chi connectivity index (χ0v) is 11.8. The minimum atomic E-state index is 0.832. The normalized spacial score (nSPS) is 13.7. The summed E-state index contributed by atoms with van der Waals surface area (Å²) in [5.74, 6) is 0. The first-order valence-electron chi connectivity index (χ1n) is 6.05. The van der Waals surface area contributed by atoms with E-state index in [0.29, 0.717) is 0 Å². The molecule has 2 aromatic heterocycles. The van der Waals surface area contributed by atoms with Crippen LogP contribution in [0.1, 0.15) is 28.7 Å². The number of aryl methyl sites for hydroxylation is 1. The van der Waals surface area contributed by atoms with Gasteiger partial charge in [-0.15, -0.1) is 22.7 Å². The Hall–Kier alpha value is -0.640. The number of fused-ring (bicyclic) bond motifs is 1. The summed E-state index contributed by atoms with van der Waals surface area (Å²) in [6.07, 6.45) is 3.63. The lowest BCUT2D eigenvalue weighted by atomic mass is 10.2. The Labute approximate surface area is 111 Å². The third-order valence-electron chi connectivity index (χ3n) is 2.65. The molecule has 0 aromatic carbocycles. The van der Waals surface area contributed by atoms with Crippen molar-refractivity contribution in [3.63, 3.8) is 0 Å². The van der Waals surface area contributed by atoms with Crippen molar-refractivity contribution in [2.24, 2.45) is 0 Å². The predicted molar refractivity (Wildman–Crippen MR) is 76.0 cm³/mol. The van der Waals surface area contributed by atoms with E-state index in [0.717, 1.165) is 19.6 Å². The van der Waals surface area contributed by atoms with E-state index in [1.54, 1.807) is 0 Å². The standard InChI is InChI=1S/C7H8OS.C7H10S/c1-3-8-5-6-2-4-9-7(1)6;1-2-4-7-5-3-6-8-7/h2,4H,1,3,5H2;3,5-6H,2,4H2,1H3. The Balaban J connectivity index is 0.000000128. The molecule has 0 saturated carbocycles. The Kier molecular flexibility index (Phi) is 5.23. The molecule has 0 N–H and O–H groups in total. The first kappa shape index (κ1) is 12.8. The molecule has 0 saturated heterocycles. The van der Waals surface area contributed by atoms with Crippen molar-refractivity contribution < 1.29 is 4.74 Å². The van der Waals surface area contributed by atoms with Crippen molar-refractivity contribution in [3.05, 3.63) is 44.3 Å². The van der Waals surface area contributed by atoms with Gasteiger partial charge in [0.25, 0.3) is 0 Å². The first-order valence-corrected chi connectivity index (χ1v) is 7.81. The highest BCUT2D eigenvalue weighted by Crippen LogP contribution is 2.21. The van der Waals surface area contributed by atoms with E-state index in [4.69, 9.17) is 4.74 Å². The monoisotopic (exact) mass is 266 g/mol. The van der Waals surface area contributed by atoms with Gasteiger partial charge in [0.1, 0.15) is 0 Å². The lowest BCUT2D eigenvalue weighted by Crippen LogP contribution is -2.05. The van der Waals surface area contributed by atoms with Gasteiger partial charge in [0.05, 0.1) is 13.2 Å². The van der Waals surface area contributed by atoms with Gasteiger partial charge >= 0.3 is 0 Å². The number of ether oxygens (including phenoxy) is 1. The van der Waals surface area contributed by atoms with Crippen molar-refractivity contribution >= 4 is 22.7 Å². The summed E-state index contributed by atoms with van der Waals surface area (Å²) >= 11 is 3.69. The van der Waals surface area contributed by atoms with Crippen LogP contribution in [0.5, 0.6) is 0 Å². The fourth-order valence-corrected chi connectivity index (χ4v) is 3.45. The van der Waals surface area contributed by atoms with Crippen LogP contribution in [-0.4, -0.2) is 6.61 Å². The van der Waals surface area contributed by atoms with Gasteiger partial charge in [-0.2, -0.15) is 0 Å². The van der Waals surface area contributed by atoms with E-state index < -0.39 is 0 Å². The maximum absolute atomic E-state index is 5.26. The second-order valence-electron chi connectivity index (χ2n) is 4.00. The summed E-state index contributed by atoms with van der Waals surface area (Å²) in [6.45, 7) is 3.95. The minimum Gasteiger partial charge on any atom is -0.376 e. The van der Waals surface area contributed by atoms with Crippen molar-refractivity contribution in [2.45, 2.75) is 32.8 Å². The maximum atomic E-state index is 5.26. The topological polar surface area (TPSA) is 9.23 Å². The third kappa shape index (κ3) is 3.95. The Morgan fingerprint density at radius 1 is 1.24 bits per heavy atom. The molecule has 0 radical (unpaired) electrons. The molecular weight excluding hydrogens is 248 g/mol. The quantitative estimate of drug-likeness (QED) is 0.776. The number of thiophene rings is 2. The molecule has 1 aliphatic rings. The second-order valence-corrected chi connectivity index (χ2v) is 6.03. The Bertz CT molecular complexity index is 397. The lowest BCUT2D eigenvalue weighted by Gasteiger charge is -2.10. The number of hydrogen-bond donors (Lipinski definition) is 0. The second kappa shape index (κ2) is 6.94. The van der Waals surface area contributed by atoms with Gasteiger partial charge in [0, 0.05) is 16.2 Å². The average Bonchev–Trinajstić information content (AvgIpc) is 3.00. The molecule has 0 unspecified atom stereocenters. The van der Waals surface area contributed by atoms with Crippen molar-refractivity contribution in [1.82, 2.24) is 0 Å². The van der Waals surface area contributed by atoms with Gasteiger partial charge in [0.2, 0.25) is 0 Å². The van der Waals surface area contributed by atoms with Crippen LogP contribution in [-0.2, 0) is 24.2 Å². The molecule has 0 amide bonds. The van der Waals surface area contributed by atoms with Crippen LogP contribution in [0.25, 0.3) is 0 Å². The van der Waals surface area contributed by atoms with Crippen LogP contribution in [0, 0.1) is 0 Å². The van der Waals surface area contributed by atoms with Crippen LogP contribution in [0.3, 0.4) is 0 Å². The molecule has 0 spiro atoms. The molecule has 3 heterocycles. The molecule has 3 heteroatoms. The molecule has 0 aliphatic carbocycles. The molecule has 0 fully saturated rings. The van der Waals surface area contributed by atoms with Crippen molar-refractivity contribution in [3.8, 4) is 0 Å². The summed E-state index contributed by atoms with van der Waals surface area (Å²) < 4.78 is 5.26. The van der Waals surface area contributed by atoms with E-state index in [1.165, 1.54) is 28.2 Å². The van der Waals surface area contributed by atoms with Crippen molar-refractivity contribution in [1.29, 1.82) is 0 Å². The Morgan fingerprint density at radius 3 is 2.88 bits per heavy atom. The van der Waals surface area contributed by atoms with E-state index in [9.17, 15) is 0 Å². The van der Waals surface area contributed by atoms with Gasteiger partial charge in [-0.1, -0.05) is 19.4 Å². The Morgan fingerprint density at radius 2 is 2.18 bits per heavy atom. The zero-order valence-electron chi connectivity index (χ0n) is 10.1. The summed E-state index contributed by atoms with van der Waals surface area (Å²) in [5, 5.41) is 4.27. The largest absolute Gasteiger partial charge is 0.376 e. The lowest BCUT2D eigenvalue weighted by molar-refractivity contribution is 0.112. The van der Waals surface area contributed by atoms with E-state index in [2.05, 4.69) is 35.9 Å². The van der Waals surface area contributed by atoms with Crippen molar-refractivity contribution in [2.75, 3.05) is 6.61 Å². The third-order valence-corrected chi connectivity index (χ3v) is 4.60. The first-order chi connectivity index (χ1) is 8.40. The average molecular weight is 266 g/mol. The van der Waals surface area contributed by atoms with Crippen LogP contribution >= 0.6 is 22.7 Å². The molecule has 92 valence electrons. The fraction of sp³-hybridized carbons (Fsp3) is 0.429. The van der Waals surface area contributed by atoms with Gasteiger partial charge in [-0.3, -0.25) is 0 Å². The van der Waals surface area contributed by atoms with E-state index in [-0.39, 0.29) is 0 Å². The summed E-state index contributed by atoms with van der Waals surface area (Å²) in [5.41, 5.74) is 1.39. The molecule has 0 atom stereocenters. The van der Waals surface area contributed by atoms with Gasteiger partial charge in [-0.25, -0.2) is 0 Å². The van der Waals surface area contributed by atoms with Gasteiger partial charge < -0.3 is 4.74 Å². The van der Waals surface area contributed by atoms with Gasteiger partial charge in [0.15, 0.2) is 0 Å². The summed E-state index contributed by atoms with van der Waals surface area (Å²) in [7, 11) is 0. The molecule has 1 aliphatic heterocycles. The fourth-order valence-electron chi connectivity index (χ4n) is 1.76. The highest BCUT2D eigenvalue weighted by Gasteiger charge is 2.08. The SMILES string of the molecule is CCCc1cccs1.c1cc2c(s1)CCOC2. The minimum absolute atomic E-state index is 0.832. The maximum Gasteiger partial charge on any atom is 0.0727 e. The molecular formula is C14H18OS2. The zero-order chi connectivity index (χ0) is 11.9. The van der Waals surface area contributed by atoms with E-state index >= 15 is 0 Å². The van der Waals surface area contributed by atoms with Crippen LogP contribution in [0.15, 0.2) is 29.0 Å². The molecule has 2 aromatic rings. The van der Waals surface area contributed by atoms with Crippen LogP contribution in [0.4, 0.5) is 0 Å². The van der Waals surface area contributed by atoms with E-state index in [1.807, 2.05) is 22.7 Å². The molecule has 0 bridgehead atoms. The molecule has 3 rings (SSSR count). The number of rotatable bonds is 2. The van der Waals surface area contributed by atoms with Crippen LogP contribution < -0.4 is 0 Å². The predicted octanol–water partition coefficient (Wildman–Crippen LogP) is 4.52. The summed E-state index contributed by atoms with van der Waals surface area (Å²) in [4.78, 5) is 3.02. The van der Waals surface area contributed by atoms with Crippen LogP contribution in [0.2, 0.25) is 0 Å². The smallest absolute Gasteiger partial charge is 0.0727 e. The van der Waals surface area contributed by atoms with Gasteiger partial charge in [-0.05, 0) is 34.9 Å². The molecule has 17 heavy (non-hydrogen) atoms. The number of hydrogen-bond acceptors (Lipinski definition) is 3. The highest BCUT2D eigenvalue weighted by atomic mass is 32.1. The summed E-state index contributed by atoms with van der Waals surface area (Å²) in [6, 6.07) is 6.45. The molecule has 1 nitrogen and oxygen atoms in total. The highest BCUT2D eigenvalue weighted by molar-refractivity contribution is 7.10.